The van der Waals surface area contributed by atoms with Crippen LogP contribution in [0, 0.1) is 5.92 Å². The fourth-order valence-electron chi connectivity index (χ4n) is 0.934. The van der Waals surface area contributed by atoms with Crippen LogP contribution in [0.4, 0.5) is 0 Å². The van der Waals surface area contributed by atoms with E-state index in [0.29, 0.717) is 5.57 Å². The standard InChI is InChI=1S/C9H10O3/c1-6(10)7-2-4-8(5-3-7)9(11)12/h2-5,8,10H,1H3,(H,11,12)/p-1. The van der Waals surface area contributed by atoms with Crippen molar-refractivity contribution >= 4 is 5.97 Å². The largest absolute Gasteiger partial charge is 0.875 e. The molecule has 0 atom stereocenters. The van der Waals surface area contributed by atoms with E-state index >= 15 is 0 Å². The van der Waals surface area contributed by atoms with Crippen molar-refractivity contribution in [3.8, 4) is 0 Å². The summed E-state index contributed by atoms with van der Waals surface area (Å²) in [5, 5.41) is 19.4. The number of hydrogen-bond acceptors (Lipinski definition) is 2. The minimum absolute atomic E-state index is 0.0497. The molecule has 0 unspecified atom stereocenters. The summed E-state index contributed by atoms with van der Waals surface area (Å²) in [4.78, 5) is 10.4. The maximum atomic E-state index is 10.8. The molecule has 0 aromatic carbocycles. The summed E-state index contributed by atoms with van der Waals surface area (Å²) in [5.74, 6) is -1.54. The summed E-state index contributed by atoms with van der Waals surface area (Å²) >= 11 is 0. The highest BCUT2D eigenvalue weighted by Gasteiger charge is 2.11. The van der Waals surface area contributed by atoms with Crippen LogP contribution in [-0.2, 0) is 4.79 Å². The molecule has 0 radical (unpaired) electrons. The van der Waals surface area contributed by atoms with Crippen LogP contribution in [0.3, 0.4) is 0 Å². The van der Waals surface area contributed by atoms with Crippen LogP contribution in [0.5, 0.6) is 0 Å². The molecular weight excluding hydrogens is 156 g/mol. The molecule has 1 rings (SSSR count). The molecule has 1 aliphatic rings. The van der Waals surface area contributed by atoms with E-state index in [4.69, 9.17) is 5.11 Å². The number of allylic oxidation sites excluding steroid dienone is 4. The van der Waals surface area contributed by atoms with Gasteiger partial charge in [0.05, 0.1) is 5.92 Å². The van der Waals surface area contributed by atoms with Gasteiger partial charge in [0.25, 0.3) is 0 Å². The number of rotatable bonds is 1. The summed E-state index contributed by atoms with van der Waals surface area (Å²) in [7, 11) is 0. The smallest absolute Gasteiger partial charge is 0.314 e. The molecule has 0 aromatic heterocycles. The van der Waals surface area contributed by atoms with E-state index in [-0.39, 0.29) is 5.76 Å². The monoisotopic (exact) mass is 165 g/mol. The third-order valence-electron chi connectivity index (χ3n) is 1.66. The molecule has 0 saturated heterocycles. The van der Waals surface area contributed by atoms with Crippen LogP contribution in [0.1, 0.15) is 6.92 Å². The Bertz CT molecular complexity index is 264. The van der Waals surface area contributed by atoms with E-state index in [1.54, 1.807) is 12.2 Å². The van der Waals surface area contributed by atoms with Crippen LogP contribution in [-0.4, -0.2) is 11.1 Å². The molecular formula is C9H9O3-. The van der Waals surface area contributed by atoms with Gasteiger partial charge in [0, 0.05) is 0 Å². The van der Waals surface area contributed by atoms with E-state index < -0.39 is 11.9 Å². The lowest BCUT2D eigenvalue weighted by Crippen LogP contribution is -2.11. The van der Waals surface area contributed by atoms with Crippen molar-refractivity contribution in [2.24, 2.45) is 5.92 Å². The Balaban J connectivity index is 2.80. The van der Waals surface area contributed by atoms with Crippen molar-refractivity contribution in [3.63, 3.8) is 0 Å². The first-order valence-electron chi connectivity index (χ1n) is 3.58. The molecule has 0 bridgehead atoms. The van der Waals surface area contributed by atoms with E-state index in [1.165, 1.54) is 19.1 Å². The molecule has 0 saturated carbocycles. The molecule has 12 heavy (non-hydrogen) atoms. The second kappa shape index (κ2) is 3.26. The van der Waals surface area contributed by atoms with Gasteiger partial charge in [0.2, 0.25) is 0 Å². The van der Waals surface area contributed by atoms with Crippen molar-refractivity contribution in [1.82, 2.24) is 0 Å². The zero-order valence-corrected chi connectivity index (χ0v) is 6.65. The van der Waals surface area contributed by atoms with Gasteiger partial charge in [0.1, 0.15) is 0 Å². The van der Waals surface area contributed by atoms with Crippen molar-refractivity contribution in [3.05, 3.63) is 35.6 Å². The van der Waals surface area contributed by atoms with Crippen LogP contribution in [0.2, 0.25) is 0 Å². The number of carbonyl (C=O) groups is 1. The van der Waals surface area contributed by atoms with Crippen LogP contribution < -0.4 is 5.11 Å². The fraction of sp³-hybridized carbons (Fsp3) is 0.222. The van der Waals surface area contributed by atoms with E-state index in [9.17, 15) is 9.90 Å². The van der Waals surface area contributed by atoms with Gasteiger partial charge >= 0.3 is 5.97 Å². The average Bonchev–Trinajstić information content (AvgIpc) is 2.04. The van der Waals surface area contributed by atoms with Crippen molar-refractivity contribution in [2.75, 3.05) is 0 Å². The summed E-state index contributed by atoms with van der Waals surface area (Å²) in [6.07, 6.45) is 6.08. The molecule has 64 valence electrons. The third-order valence-corrected chi connectivity index (χ3v) is 1.66. The number of carboxylic acid groups (broad SMARTS) is 1. The van der Waals surface area contributed by atoms with E-state index in [2.05, 4.69) is 0 Å². The summed E-state index contributed by atoms with van der Waals surface area (Å²) in [5.41, 5.74) is 0.549. The Morgan fingerprint density at radius 1 is 1.50 bits per heavy atom. The predicted molar refractivity (Wildman–Crippen MR) is 42.1 cm³/mol. The first-order valence-corrected chi connectivity index (χ1v) is 3.58. The van der Waals surface area contributed by atoms with Gasteiger partial charge in [-0.2, -0.15) is 0 Å². The lowest BCUT2D eigenvalue weighted by molar-refractivity contribution is -0.302. The Hall–Kier alpha value is -1.51. The summed E-state index contributed by atoms with van der Waals surface area (Å²) < 4.78 is 0. The van der Waals surface area contributed by atoms with Gasteiger partial charge in [0.15, 0.2) is 0 Å². The van der Waals surface area contributed by atoms with Gasteiger partial charge in [-0.25, -0.2) is 0 Å². The lowest BCUT2D eigenvalue weighted by Gasteiger charge is -2.13. The quantitative estimate of drug-likeness (QED) is 0.574. The first kappa shape index (κ1) is 8.59. The molecule has 1 N–H and O–H groups in total. The highest BCUT2D eigenvalue weighted by Crippen LogP contribution is 2.14. The zero-order chi connectivity index (χ0) is 9.14. The first-order chi connectivity index (χ1) is 5.61. The topological polar surface area (TPSA) is 60.4 Å². The molecule has 1 aliphatic carbocycles. The zero-order valence-electron chi connectivity index (χ0n) is 6.65. The minimum Gasteiger partial charge on any atom is -0.875 e. The van der Waals surface area contributed by atoms with Crippen LogP contribution in [0.25, 0.3) is 0 Å². The maximum Gasteiger partial charge on any atom is 0.314 e. The Kier molecular flexibility index (Phi) is 2.33. The number of aliphatic carboxylic acids is 1. The Morgan fingerprint density at radius 3 is 2.33 bits per heavy atom. The average molecular weight is 165 g/mol. The predicted octanol–water partition coefficient (Wildman–Crippen LogP) is 0.448. The molecule has 3 heteroatoms. The second-order valence-electron chi connectivity index (χ2n) is 2.59. The molecule has 0 fully saturated rings. The van der Waals surface area contributed by atoms with E-state index in [0.717, 1.165) is 0 Å². The van der Waals surface area contributed by atoms with Gasteiger partial charge in [-0.05, 0) is 5.57 Å². The normalized spacial score (nSPS) is 21.1. The van der Waals surface area contributed by atoms with Crippen molar-refractivity contribution in [1.29, 1.82) is 0 Å². The van der Waals surface area contributed by atoms with Crippen LogP contribution >= 0.6 is 0 Å². The Labute approximate surface area is 70.3 Å². The molecule has 0 aliphatic heterocycles. The van der Waals surface area contributed by atoms with Gasteiger partial charge in [-0.3, -0.25) is 4.79 Å². The molecule has 0 aromatic rings. The van der Waals surface area contributed by atoms with Crippen LogP contribution in [0.15, 0.2) is 35.6 Å². The molecule has 0 spiro atoms. The highest BCUT2D eigenvalue weighted by molar-refractivity contribution is 5.75. The van der Waals surface area contributed by atoms with Crippen molar-refractivity contribution in [2.45, 2.75) is 6.92 Å². The maximum absolute atomic E-state index is 10.8. The van der Waals surface area contributed by atoms with Gasteiger partial charge in [-0.15, -0.1) is 5.76 Å². The fourth-order valence-corrected chi connectivity index (χ4v) is 0.934. The van der Waals surface area contributed by atoms with Gasteiger partial charge < -0.3 is 10.2 Å². The lowest BCUT2D eigenvalue weighted by atomic mass is 10.00. The molecule has 0 heterocycles. The SMILES string of the molecule is CC([O-])=C1C=CC(C(=O)O)C=C1. The Morgan fingerprint density at radius 2 is 2.00 bits per heavy atom. The third kappa shape index (κ3) is 1.75. The highest BCUT2D eigenvalue weighted by atomic mass is 16.4. The van der Waals surface area contributed by atoms with Gasteiger partial charge in [-0.1, -0.05) is 31.2 Å². The molecule has 0 amide bonds. The molecule has 3 nitrogen and oxygen atoms in total. The van der Waals surface area contributed by atoms with E-state index in [1.807, 2.05) is 0 Å². The minimum atomic E-state index is -0.898. The second-order valence-corrected chi connectivity index (χ2v) is 2.59. The summed E-state index contributed by atoms with van der Waals surface area (Å²) in [6, 6.07) is 0. The summed E-state index contributed by atoms with van der Waals surface area (Å²) in [6.45, 7) is 1.45. The number of hydrogen-bond donors (Lipinski definition) is 1. The number of carboxylic acids is 1. The van der Waals surface area contributed by atoms with Crippen molar-refractivity contribution < 1.29 is 15.0 Å².